The molecule has 1 radical (unpaired) electrons. The van der Waals surface area contributed by atoms with E-state index in [4.69, 9.17) is 14.4 Å². The number of nitrogens with zero attached hydrogens (tertiary/aromatic N) is 3. The van der Waals surface area contributed by atoms with Crippen LogP contribution in [0, 0.1) is 11.8 Å². The Morgan fingerprint density at radius 2 is 1.46 bits per heavy atom. The minimum Gasteiger partial charge on any atom is -0.512 e. The van der Waals surface area contributed by atoms with Crippen LogP contribution in [0.3, 0.4) is 0 Å². The molecule has 0 bridgehead atoms. The Hall–Kier alpha value is -4.58. The summed E-state index contributed by atoms with van der Waals surface area (Å²) in [5.41, 5.74) is 7.82. The molecule has 1 N–H and O–H groups in total. The minimum absolute atomic E-state index is 0. The van der Waals surface area contributed by atoms with Gasteiger partial charge >= 0.3 is 0 Å². The first-order chi connectivity index (χ1) is 23.0. The molecule has 0 aliphatic rings. The molecule has 7 heteroatoms. The van der Waals surface area contributed by atoms with Gasteiger partial charge in [0.25, 0.3) is 0 Å². The van der Waals surface area contributed by atoms with Crippen molar-refractivity contribution in [3.63, 3.8) is 0 Å². The summed E-state index contributed by atoms with van der Waals surface area (Å²) in [5, 5.41) is 15.3. The maximum atomic E-state index is 11.7. The number of pyridine rings is 2. The van der Waals surface area contributed by atoms with Crippen LogP contribution in [0.15, 0.2) is 107 Å². The van der Waals surface area contributed by atoms with E-state index in [0.29, 0.717) is 0 Å². The van der Waals surface area contributed by atoms with Crippen LogP contribution in [0.25, 0.3) is 71.6 Å². The van der Waals surface area contributed by atoms with Gasteiger partial charge in [0.15, 0.2) is 11.4 Å². The molecule has 6 nitrogen and oxygen atoms in total. The van der Waals surface area contributed by atoms with Crippen LogP contribution in [-0.2, 0) is 24.9 Å². The summed E-state index contributed by atoms with van der Waals surface area (Å²) in [4.78, 5) is 21.6. The summed E-state index contributed by atoms with van der Waals surface area (Å²) in [7, 11) is 0. The first-order valence-corrected chi connectivity index (χ1v) is 16.7. The van der Waals surface area contributed by atoms with E-state index in [1.807, 2.05) is 64.2 Å². The minimum atomic E-state index is 0. The van der Waals surface area contributed by atoms with Gasteiger partial charge < -0.3 is 13.9 Å². The van der Waals surface area contributed by atoms with Crippen molar-refractivity contribution >= 4 is 65.9 Å². The van der Waals surface area contributed by atoms with Crippen molar-refractivity contribution in [3.8, 4) is 11.4 Å². The molecule has 0 aliphatic carbocycles. The zero-order valence-electron chi connectivity index (χ0n) is 27.7. The summed E-state index contributed by atoms with van der Waals surface area (Å²) >= 11 is 0. The van der Waals surface area contributed by atoms with Crippen LogP contribution >= 0.6 is 0 Å². The van der Waals surface area contributed by atoms with E-state index in [2.05, 4.69) is 59.0 Å². The van der Waals surface area contributed by atoms with Gasteiger partial charge in [-0.1, -0.05) is 82.3 Å². The van der Waals surface area contributed by atoms with E-state index < -0.39 is 0 Å². The molecule has 8 aromatic rings. The predicted octanol–water partition coefficient (Wildman–Crippen LogP) is 11.1. The maximum absolute atomic E-state index is 11.7. The molecule has 0 unspecified atom stereocenters. The van der Waals surface area contributed by atoms with Gasteiger partial charge in [-0.15, -0.1) is 0 Å². The van der Waals surface area contributed by atoms with Crippen LogP contribution in [0.2, 0.25) is 0 Å². The Bertz CT molecular complexity index is 2410. The Balaban J connectivity index is 0.000000217. The second kappa shape index (κ2) is 13.9. The molecule has 3 aromatic carbocycles. The van der Waals surface area contributed by atoms with Crippen molar-refractivity contribution in [2.75, 3.05) is 0 Å². The normalized spacial score (nSPS) is 12.2. The quantitative estimate of drug-likeness (QED) is 0.122. The van der Waals surface area contributed by atoms with Gasteiger partial charge in [0.05, 0.1) is 33.4 Å². The number of aromatic nitrogens is 3. The number of hydrogen-bond donors (Lipinski definition) is 1. The molecule has 8 rings (SSSR count). The molecule has 0 saturated heterocycles. The van der Waals surface area contributed by atoms with E-state index in [1.165, 1.54) is 17.0 Å². The van der Waals surface area contributed by atoms with Gasteiger partial charge in [0, 0.05) is 65.8 Å². The molecule has 0 spiro atoms. The van der Waals surface area contributed by atoms with Crippen molar-refractivity contribution < 1.29 is 34.4 Å². The van der Waals surface area contributed by atoms with Gasteiger partial charge in [0.1, 0.15) is 16.8 Å². The Kier molecular flexibility index (Phi) is 9.63. The summed E-state index contributed by atoms with van der Waals surface area (Å²) in [6.45, 7) is 8.07. The SMILES string of the molecule is CCC(CC)C(=O)/C=C(\O)C(CC)CC.[Ir].c1ccc2nc(-c3ncc4c5ccccc5n5c6c7ccccc7oc6c3c45)ccc2c1. The van der Waals surface area contributed by atoms with E-state index in [-0.39, 0.29) is 43.5 Å². The number of para-hydroxylation sites is 3. The molecule has 5 aromatic heterocycles. The van der Waals surface area contributed by atoms with Crippen LogP contribution in [0.4, 0.5) is 0 Å². The first-order valence-electron chi connectivity index (χ1n) is 16.7. The van der Waals surface area contributed by atoms with Gasteiger partial charge in [-0.3, -0.25) is 9.78 Å². The molecule has 245 valence electrons. The fourth-order valence-corrected chi connectivity index (χ4v) is 6.99. The number of carbonyl (C=O) groups is 1. The number of carbonyl (C=O) groups excluding carboxylic acids is 1. The van der Waals surface area contributed by atoms with E-state index in [1.54, 1.807) is 0 Å². The average Bonchev–Trinajstić information content (AvgIpc) is 3.75. The Morgan fingerprint density at radius 3 is 2.21 bits per heavy atom. The Morgan fingerprint density at radius 1 is 0.792 bits per heavy atom. The van der Waals surface area contributed by atoms with Gasteiger partial charge in [0.2, 0.25) is 0 Å². The zero-order valence-corrected chi connectivity index (χ0v) is 30.1. The number of rotatable bonds is 8. The second-order valence-corrected chi connectivity index (χ2v) is 12.3. The van der Waals surface area contributed by atoms with Crippen molar-refractivity contribution in [1.82, 2.24) is 14.4 Å². The van der Waals surface area contributed by atoms with Crippen molar-refractivity contribution in [2.45, 2.75) is 53.4 Å². The molecule has 0 atom stereocenters. The van der Waals surface area contributed by atoms with Crippen molar-refractivity contribution in [3.05, 3.63) is 103 Å². The average molecular weight is 814 g/mol. The van der Waals surface area contributed by atoms with E-state index in [9.17, 15) is 9.90 Å². The number of hydrogen-bond acceptors (Lipinski definition) is 5. The zero-order chi connectivity index (χ0) is 32.7. The standard InChI is InChI=1S/C28H15N3O.C13H24O2.Ir/c1-4-10-20-16(7-1)13-14-21(30-20)25-24-26-19(15-29-25)17-8-2-5-11-22(17)31(26)27-18-9-3-6-12-23(18)32-28(24)27;1-5-10(6-2)12(14)9-13(15)11(7-3)8-4;/h1-15H;9-11,14H,5-8H2,1-4H3;/b;12-9-;. The largest absolute Gasteiger partial charge is 0.512 e. The summed E-state index contributed by atoms with van der Waals surface area (Å²) in [6, 6.07) is 29.1. The third-order valence-electron chi connectivity index (χ3n) is 9.65. The summed E-state index contributed by atoms with van der Waals surface area (Å²) in [6.07, 6.45) is 6.89. The van der Waals surface area contributed by atoms with E-state index in [0.717, 1.165) is 86.3 Å². The third kappa shape index (κ3) is 5.55. The third-order valence-corrected chi connectivity index (χ3v) is 9.65. The summed E-state index contributed by atoms with van der Waals surface area (Å²) in [5.74, 6) is 0.547. The molecule has 0 aliphatic heterocycles. The van der Waals surface area contributed by atoms with Crippen LogP contribution in [0.5, 0.6) is 0 Å². The monoisotopic (exact) mass is 814 g/mol. The first kappa shape index (κ1) is 33.3. The van der Waals surface area contributed by atoms with Gasteiger partial charge in [-0.2, -0.15) is 0 Å². The number of fused-ring (bicyclic) bond motifs is 9. The van der Waals surface area contributed by atoms with Crippen LogP contribution in [0.1, 0.15) is 53.4 Å². The number of allylic oxidation sites excluding steroid dienone is 2. The summed E-state index contributed by atoms with van der Waals surface area (Å²) < 4.78 is 8.79. The van der Waals surface area contributed by atoms with Crippen molar-refractivity contribution in [2.24, 2.45) is 11.8 Å². The molecule has 0 amide bonds. The predicted molar refractivity (Wildman–Crippen MR) is 193 cm³/mol. The maximum Gasteiger partial charge on any atom is 0.163 e. The number of ketones is 1. The fourth-order valence-electron chi connectivity index (χ4n) is 6.99. The second-order valence-electron chi connectivity index (χ2n) is 12.3. The molecular formula is C41H39IrN3O3. The topological polar surface area (TPSA) is 80.6 Å². The Labute approximate surface area is 293 Å². The molecule has 5 heterocycles. The van der Waals surface area contributed by atoms with Crippen LogP contribution < -0.4 is 0 Å². The number of benzene rings is 3. The number of aliphatic hydroxyl groups is 1. The molecule has 0 fully saturated rings. The molecule has 0 saturated carbocycles. The van der Waals surface area contributed by atoms with Gasteiger partial charge in [-0.05, 0) is 56.0 Å². The smallest absolute Gasteiger partial charge is 0.163 e. The molecule has 48 heavy (non-hydrogen) atoms. The van der Waals surface area contributed by atoms with E-state index >= 15 is 0 Å². The van der Waals surface area contributed by atoms with Gasteiger partial charge in [-0.25, -0.2) is 4.98 Å². The van der Waals surface area contributed by atoms with Crippen LogP contribution in [-0.4, -0.2) is 25.3 Å². The molecular weight excluding hydrogens is 775 g/mol. The van der Waals surface area contributed by atoms with Crippen molar-refractivity contribution in [1.29, 1.82) is 0 Å². The number of aliphatic hydroxyl groups excluding tert-OH is 1. The fraction of sp³-hybridized carbons (Fsp3) is 0.244. The number of furan rings is 1.